The van der Waals surface area contributed by atoms with Crippen LogP contribution in [0, 0.1) is 19.7 Å². The first kappa shape index (κ1) is 18.4. The summed E-state index contributed by atoms with van der Waals surface area (Å²) in [7, 11) is -2.79. The number of carbonyl (C=O) groups excluding carboxylic acids is 1. The quantitative estimate of drug-likeness (QED) is 0.770. The van der Waals surface area contributed by atoms with E-state index in [1.165, 1.54) is 25.3 Å². The molecule has 3 rings (SSSR count). The fourth-order valence-corrected chi connectivity index (χ4v) is 5.09. The Morgan fingerprint density at radius 3 is 2.62 bits per heavy atom. The Morgan fingerprint density at radius 1 is 1.19 bits per heavy atom. The number of rotatable bonds is 3. The van der Waals surface area contributed by atoms with Crippen LogP contribution in [0.2, 0.25) is 0 Å². The largest absolute Gasteiger partial charge is 0.465 e. The van der Waals surface area contributed by atoms with E-state index < -0.39 is 21.8 Å². The summed E-state index contributed by atoms with van der Waals surface area (Å²) in [5.41, 5.74) is 2.16. The molecule has 0 fully saturated rings. The summed E-state index contributed by atoms with van der Waals surface area (Å²) >= 11 is 0. The summed E-state index contributed by atoms with van der Waals surface area (Å²) in [6, 6.07) is 7.50. The Labute approximate surface area is 152 Å². The van der Waals surface area contributed by atoms with E-state index in [0.717, 1.165) is 9.87 Å². The number of hydrogen-bond acceptors (Lipinski definition) is 4. The van der Waals surface area contributed by atoms with Gasteiger partial charge in [-0.2, -0.15) is 0 Å². The van der Waals surface area contributed by atoms with Gasteiger partial charge in [0.25, 0.3) is 10.0 Å². The number of nitrogens with zero attached hydrogens (tertiary/aromatic N) is 1. The lowest BCUT2D eigenvalue weighted by Crippen LogP contribution is -2.36. The van der Waals surface area contributed by atoms with Gasteiger partial charge in [-0.1, -0.05) is 12.1 Å². The van der Waals surface area contributed by atoms with Crippen molar-refractivity contribution in [2.24, 2.45) is 0 Å². The molecule has 0 saturated heterocycles. The van der Waals surface area contributed by atoms with Gasteiger partial charge in [-0.25, -0.2) is 17.6 Å². The number of aryl methyl sites for hydroxylation is 3. The Balaban J connectivity index is 2.16. The van der Waals surface area contributed by atoms with Gasteiger partial charge in [0.15, 0.2) is 0 Å². The van der Waals surface area contributed by atoms with Crippen LogP contribution in [-0.2, 0) is 21.2 Å². The maximum Gasteiger partial charge on any atom is 0.337 e. The standard InChI is InChI=1S/C19H20FNO4S/c1-12-9-14-5-4-8-21(18(14)16(20)10-12)26(23,24)17-11-15(19(22)25-3)7-6-13(17)2/h6-7,9-11H,4-5,8H2,1-3H3. The van der Waals surface area contributed by atoms with Crippen LogP contribution >= 0.6 is 0 Å². The summed E-state index contributed by atoms with van der Waals surface area (Å²) in [6.45, 7) is 3.61. The Hall–Kier alpha value is -2.41. The van der Waals surface area contributed by atoms with E-state index in [1.54, 1.807) is 19.9 Å². The molecule has 0 aromatic heterocycles. The molecule has 0 radical (unpaired) electrons. The number of methoxy groups -OCH3 is 1. The van der Waals surface area contributed by atoms with Crippen LogP contribution < -0.4 is 4.31 Å². The number of halogens is 1. The Morgan fingerprint density at radius 2 is 1.92 bits per heavy atom. The molecule has 1 aliphatic heterocycles. The first-order valence-corrected chi connectivity index (χ1v) is 9.70. The summed E-state index contributed by atoms with van der Waals surface area (Å²) in [5.74, 6) is -1.17. The smallest absolute Gasteiger partial charge is 0.337 e. The second-order valence-electron chi connectivity index (χ2n) is 6.41. The first-order valence-electron chi connectivity index (χ1n) is 8.26. The number of esters is 1. The second-order valence-corrected chi connectivity index (χ2v) is 8.24. The van der Waals surface area contributed by atoms with Crippen LogP contribution in [0.3, 0.4) is 0 Å². The summed E-state index contributed by atoms with van der Waals surface area (Å²) in [4.78, 5) is 11.8. The van der Waals surface area contributed by atoms with Crippen molar-refractivity contribution >= 4 is 21.7 Å². The number of fused-ring (bicyclic) bond motifs is 1. The highest BCUT2D eigenvalue weighted by atomic mass is 32.2. The highest BCUT2D eigenvalue weighted by molar-refractivity contribution is 7.92. The van der Waals surface area contributed by atoms with Crippen LogP contribution in [-0.4, -0.2) is 28.0 Å². The molecule has 1 aliphatic rings. The molecule has 0 N–H and O–H groups in total. The zero-order valence-corrected chi connectivity index (χ0v) is 15.7. The van der Waals surface area contributed by atoms with Crippen molar-refractivity contribution in [3.05, 3.63) is 58.4 Å². The molecule has 0 spiro atoms. The van der Waals surface area contributed by atoms with Crippen molar-refractivity contribution in [1.29, 1.82) is 0 Å². The van der Waals surface area contributed by atoms with E-state index >= 15 is 0 Å². The van der Waals surface area contributed by atoms with Gasteiger partial charge in [-0.3, -0.25) is 4.31 Å². The van der Waals surface area contributed by atoms with E-state index in [-0.39, 0.29) is 22.7 Å². The number of hydrogen-bond donors (Lipinski definition) is 0. The summed E-state index contributed by atoms with van der Waals surface area (Å²) < 4.78 is 47.0. The molecule has 0 saturated carbocycles. The average Bonchev–Trinajstić information content (AvgIpc) is 2.60. The van der Waals surface area contributed by atoms with Crippen molar-refractivity contribution in [2.45, 2.75) is 31.6 Å². The molecular weight excluding hydrogens is 357 g/mol. The monoisotopic (exact) mass is 377 g/mol. The van der Waals surface area contributed by atoms with Gasteiger partial charge in [-0.15, -0.1) is 0 Å². The van der Waals surface area contributed by atoms with E-state index in [2.05, 4.69) is 4.74 Å². The molecule has 0 unspecified atom stereocenters. The lowest BCUT2D eigenvalue weighted by molar-refractivity contribution is 0.0600. The molecule has 5 nitrogen and oxygen atoms in total. The second kappa shape index (κ2) is 6.72. The van der Waals surface area contributed by atoms with Crippen LogP contribution in [0.1, 0.15) is 33.5 Å². The molecule has 7 heteroatoms. The minimum absolute atomic E-state index is 0.0202. The molecule has 0 aliphatic carbocycles. The van der Waals surface area contributed by atoms with E-state index in [0.29, 0.717) is 24.0 Å². The van der Waals surface area contributed by atoms with Crippen molar-refractivity contribution < 1.29 is 22.3 Å². The third-order valence-electron chi connectivity index (χ3n) is 4.52. The Bertz CT molecular complexity index is 985. The van der Waals surface area contributed by atoms with Gasteiger partial charge in [0.05, 0.1) is 23.3 Å². The number of carbonyl (C=O) groups is 1. The van der Waals surface area contributed by atoms with Gasteiger partial charge in [0.1, 0.15) is 5.82 Å². The molecule has 2 aromatic rings. The van der Waals surface area contributed by atoms with Gasteiger partial charge in [0.2, 0.25) is 0 Å². The van der Waals surface area contributed by atoms with Gasteiger partial charge >= 0.3 is 5.97 Å². The van der Waals surface area contributed by atoms with Gasteiger partial charge in [-0.05, 0) is 61.6 Å². The maximum atomic E-state index is 14.6. The number of sulfonamides is 1. The van der Waals surface area contributed by atoms with E-state index in [9.17, 15) is 17.6 Å². The summed E-state index contributed by atoms with van der Waals surface area (Å²) in [5, 5.41) is 0. The topological polar surface area (TPSA) is 63.7 Å². The number of anilines is 1. The molecule has 26 heavy (non-hydrogen) atoms. The zero-order valence-electron chi connectivity index (χ0n) is 14.9. The van der Waals surface area contributed by atoms with Crippen LogP contribution in [0.4, 0.5) is 10.1 Å². The predicted octanol–water partition coefficient (Wildman–Crippen LogP) is 3.37. The molecular formula is C19H20FNO4S. The molecule has 0 atom stereocenters. The van der Waals surface area contributed by atoms with Crippen molar-refractivity contribution in [3.8, 4) is 0 Å². The molecule has 1 heterocycles. The first-order chi connectivity index (χ1) is 12.3. The fourth-order valence-electron chi connectivity index (χ4n) is 3.28. The third-order valence-corrected chi connectivity index (χ3v) is 6.46. The molecule has 0 amide bonds. The lowest BCUT2D eigenvalue weighted by Gasteiger charge is -2.31. The minimum atomic E-state index is -4.02. The fraction of sp³-hybridized carbons (Fsp3) is 0.316. The van der Waals surface area contributed by atoms with Crippen molar-refractivity contribution in [1.82, 2.24) is 0 Å². The molecule has 0 bridgehead atoms. The van der Waals surface area contributed by atoms with E-state index in [1.807, 2.05) is 6.07 Å². The van der Waals surface area contributed by atoms with Crippen LogP contribution in [0.15, 0.2) is 35.2 Å². The highest BCUT2D eigenvalue weighted by Crippen LogP contribution is 2.36. The van der Waals surface area contributed by atoms with Gasteiger partial charge < -0.3 is 4.74 Å². The SMILES string of the molecule is COC(=O)c1ccc(C)c(S(=O)(=O)N2CCCc3cc(C)cc(F)c32)c1. The maximum absolute atomic E-state index is 14.6. The average molecular weight is 377 g/mol. The normalized spacial score (nSPS) is 14.1. The van der Waals surface area contributed by atoms with Gasteiger partial charge in [0, 0.05) is 6.54 Å². The number of benzene rings is 2. The minimum Gasteiger partial charge on any atom is -0.465 e. The van der Waals surface area contributed by atoms with Crippen LogP contribution in [0.25, 0.3) is 0 Å². The van der Waals surface area contributed by atoms with Crippen LogP contribution in [0.5, 0.6) is 0 Å². The third kappa shape index (κ3) is 3.07. The zero-order chi connectivity index (χ0) is 19.1. The molecule has 2 aromatic carbocycles. The van der Waals surface area contributed by atoms with E-state index in [4.69, 9.17) is 0 Å². The highest BCUT2D eigenvalue weighted by Gasteiger charge is 2.33. The Kier molecular flexibility index (Phi) is 4.75. The van der Waals surface area contributed by atoms with Crippen molar-refractivity contribution in [2.75, 3.05) is 18.0 Å². The predicted molar refractivity (Wildman–Crippen MR) is 96.5 cm³/mol. The molecule has 138 valence electrons. The lowest BCUT2D eigenvalue weighted by atomic mass is 10.0. The number of ether oxygens (including phenoxy) is 1. The summed E-state index contributed by atoms with van der Waals surface area (Å²) in [6.07, 6.45) is 1.23. The van der Waals surface area contributed by atoms with Crippen molar-refractivity contribution in [3.63, 3.8) is 0 Å².